The summed E-state index contributed by atoms with van der Waals surface area (Å²) in [6.07, 6.45) is 1.19. The first-order valence-corrected chi connectivity index (χ1v) is 9.39. The second-order valence-electron chi connectivity index (χ2n) is 7.35. The van der Waals surface area contributed by atoms with E-state index in [1.807, 2.05) is 20.8 Å². The summed E-state index contributed by atoms with van der Waals surface area (Å²) in [6, 6.07) is 0.615. The van der Waals surface area contributed by atoms with Crippen molar-refractivity contribution in [2.75, 3.05) is 45.8 Å². The second kappa shape index (κ2) is 11.9. The third-order valence-electron chi connectivity index (χ3n) is 4.47. The predicted octanol–water partition coefficient (Wildman–Crippen LogP) is 2.15. The van der Waals surface area contributed by atoms with Gasteiger partial charge in [-0.1, -0.05) is 34.6 Å². The van der Waals surface area contributed by atoms with E-state index in [9.17, 15) is 4.79 Å². The fourth-order valence-corrected chi connectivity index (χ4v) is 2.99. The summed E-state index contributed by atoms with van der Waals surface area (Å²) in [4.78, 5) is 21.4. The molecule has 1 aliphatic rings. The smallest absolute Gasteiger partial charge is 0.225 e. The highest BCUT2D eigenvalue weighted by Crippen LogP contribution is 2.15. The molecule has 0 aromatic rings. The lowest BCUT2D eigenvalue weighted by Crippen LogP contribution is -2.43. The van der Waals surface area contributed by atoms with E-state index in [0.29, 0.717) is 19.1 Å². The minimum Gasteiger partial charge on any atom is -0.357 e. The van der Waals surface area contributed by atoms with Gasteiger partial charge >= 0.3 is 0 Å². The van der Waals surface area contributed by atoms with Crippen molar-refractivity contribution < 1.29 is 4.79 Å². The fraction of sp³-hybridized carbons (Fsp3) is 0.889. The average molecular weight is 467 g/mol. The van der Waals surface area contributed by atoms with E-state index >= 15 is 0 Å². The molecular weight excluding hydrogens is 429 g/mol. The predicted molar refractivity (Wildman–Crippen MR) is 117 cm³/mol. The summed E-state index contributed by atoms with van der Waals surface area (Å²) >= 11 is 0. The monoisotopic (exact) mass is 467 g/mol. The Morgan fingerprint density at radius 1 is 1.20 bits per heavy atom. The molecule has 1 saturated heterocycles. The normalized spacial score (nSPS) is 18.3. The molecule has 0 bridgehead atoms. The van der Waals surface area contributed by atoms with Crippen molar-refractivity contribution in [2.45, 2.75) is 54.0 Å². The van der Waals surface area contributed by atoms with Crippen molar-refractivity contribution in [1.82, 2.24) is 20.4 Å². The molecule has 1 unspecified atom stereocenters. The van der Waals surface area contributed by atoms with E-state index in [2.05, 4.69) is 41.2 Å². The van der Waals surface area contributed by atoms with Gasteiger partial charge in [-0.05, 0) is 26.4 Å². The van der Waals surface area contributed by atoms with Crippen molar-refractivity contribution >= 4 is 35.8 Å². The van der Waals surface area contributed by atoms with Crippen molar-refractivity contribution in [1.29, 1.82) is 0 Å². The van der Waals surface area contributed by atoms with Crippen LogP contribution in [0.1, 0.15) is 48.0 Å². The number of likely N-dealkylation sites (tertiary alicyclic amines) is 1. The zero-order valence-electron chi connectivity index (χ0n) is 16.9. The van der Waals surface area contributed by atoms with Gasteiger partial charge in [0.1, 0.15) is 0 Å². The Bertz CT molecular complexity index is 418. The number of guanidine groups is 1. The van der Waals surface area contributed by atoms with Crippen LogP contribution in [-0.2, 0) is 4.79 Å². The molecule has 0 radical (unpaired) electrons. The molecule has 0 aromatic carbocycles. The Kier molecular flexibility index (Phi) is 11.7. The number of hydrogen-bond donors (Lipinski definition) is 2. The average Bonchev–Trinajstić information content (AvgIpc) is 3.00. The molecule has 1 rings (SSSR count). The molecule has 0 aromatic heterocycles. The van der Waals surface area contributed by atoms with E-state index in [1.165, 1.54) is 6.42 Å². The van der Waals surface area contributed by atoms with E-state index in [-0.39, 0.29) is 35.3 Å². The summed E-state index contributed by atoms with van der Waals surface area (Å²) in [5.41, 5.74) is -0.347. The van der Waals surface area contributed by atoms with Crippen LogP contribution < -0.4 is 10.6 Å². The molecule has 1 atom stereocenters. The molecule has 1 heterocycles. The first-order chi connectivity index (χ1) is 11.3. The number of nitrogens with zero attached hydrogens (tertiary/aromatic N) is 3. The quantitative estimate of drug-likeness (QED) is 0.261. The highest BCUT2D eigenvalue weighted by atomic mass is 127. The first-order valence-electron chi connectivity index (χ1n) is 9.39. The number of aliphatic imine (C=N–C) groups is 1. The van der Waals surface area contributed by atoms with E-state index in [0.717, 1.165) is 38.7 Å². The van der Waals surface area contributed by atoms with Crippen LogP contribution in [0.2, 0.25) is 0 Å². The largest absolute Gasteiger partial charge is 0.357 e. The molecule has 6 nitrogen and oxygen atoms in total. The van der Waals surface area contributed by atoms with Gasteiger partial charge in [-0.3, -0.25) is 14.7 Å². The molecule has 1 fully saturated rings. The van der Waals surface area contributed by atoms with Gasteiger partial charge in [0.05, 0.1) is 6.54 Å². The number of halogens is 1. The van der Waals surface area contributed by atoms with Crippen molar-refractivity contribution in [3.05, 3.63) is 0 Å². The third-order valence-corrected chi connectivity index (χ3v) is 4.47. The SMILES string of the molecule is CCNC(=NCCNC(=O)C(C)(C)C)N1CCC(N(CC)CC)C1.I. The standard InChI is InChI=1S/C18H37N5O.HI/c1-7-19-17(21-12-11-20-16(24)18(4,5)6)23-13-10-15(14-23)22(8-2)9-3;/h15H,7-14H2,1-6H3,(H,19,21)(H,20,24);1H. The highest BCUT2D eigenvalue weighted by Gasteiger charge is 2.28. The van der Waals surface area contributed by atoms with Crippen molar-refractivity contribution in [2.24, 2.45) is 10.4 Å². The lowest BCUT2D eigenvalue weighted by molar-refractivity contribution is -0.128. The minimum atomic E-state index is -0.347. The van der Waals surface area contributed by atoms with Crippen LogP contribution in [0.4, 0.5) is 0 Å². The number of amides is 1. The molecular formula is C18H38IN5O. The molecule has 148 valence electrons. The maximum atomic E-state index is 11.9. The third kappa shape index (κ3) is 8.11. The molecule has 7 heteroatoms. The zero-order chi connectivity index (χ0) is 18.2. The number of carbonyl (C=O) groups excluding carboxylic acids is 1. The maximum absolute atomic E-state index is 11.9. The summed E-state index contributed by atoms with van der Waals surface area (Å²) in [6.45, 7) is 18.6. The zero-order valence-corrected chi connectivity index (χ0v) is 19.2. The van der Waals surface area contributed by atoms with Crippen molar-refractivity contribution in [3.63, 3.8) is 0 Å². The van der Waals surface area contributed by atoms with Crippen LogP contribution >= 0.6 is 24.0 Å². The minimum absolute atomic E-state index is 0. The number of rotatable bonds is 7. The van der Waals surface area contributed by atoms with Gasteiger partial charge in [-0.15, -0.1) is 24.0 Å². The first kappa shape index (κ1) is 24.4. The molecule has 0 saturated carbocycles. The summed E-state index contributed by atoms with van der Waals surface area (Å²) in [7, 11) is 0. The van der Waals surface area contributed by atoms with E-state index < -0.39 is 0 Å². The molecule has 1 aliphatic heterocycles. The Morgan fingerprint density at radius 3 is 2.36 bits per heavy atom. The van der Waals surface area contributed by atoms with Crippen LogP contribution in [0.25, 0.3) is 0 Å². The topological polar surface area (TPSA) is 60.0 Å². The van der Waals surface area contributed by atoms with Gasteiger partial charge in [-0.25, -0.2) is 0 Å². The molecule has 0 aliphatic carbocycles. The Balaban J connectivity index is 0.00000576. The Hall–Kier alpha value is -0.570. The van der Waals surface area contributed by atoms with Crippen LogP contribution in [-0.4, -0.2) is 73.5 Å². The lowest BCUT2D eigenvalue weighted by Gasteiger charge is -2.27. The van der Waals surface area contributed by atoms with Crippen LogP contribution in [0, 0.1) is 5.41 Å². The van der Waals surface area contributed by atoms with Gasteiger partial charge in [0, 0.05) is 37.6 Å². The van der Waals surface area contributed by atoms with Crippen LogP contribution in [0.3, 0.4) is 0 Å². The number of likely N-dealkylation sites (N-methyl/N-ethyl adjacent to an activating group) is 1. The van der Waals surface area contributed by atoms with E-state index in [4.69, 9.17) is 4.99 Å². The number of hydrogen-bond acceptors (Lipinski definition) is 3. The molecule has 25 heavy (non-hydrogen) atoms. The van der Waals surface area contributed by atoms with Crippen molar-refractivity contribution in [3.8, 4) is 0 Å². The van der Waals surface area contributed by atoms with Crippen LogP contribution in [0.15, 0.2) is 4.99 Å². The summed E-state index contributed by atoms with van der Waals surface area (Å²) in [5, 5.41) is 6.34. The number of nitrogens with one attached hydrogen (secondary N) is 2. The fourth-order valence-electron chi connectivity index (χ4n) is 2.99. The summed E-state index contributed by atoms with van der Waals surface area (Å²) < 4.78 is 0. The summed E-state index contributed by atoms with van der Waals surface area (Å²) in [5.74, 6) is 1.04. The molecule has 0 spiro atoms. The van der Waals surface area contributed by atoms with Gasteiger partial charge in [0.25, 0.3) is 0 Å². The lowest BCUT2D eigenvalue weighted by atomic mass is 9.96. The van der Waals surface area contributed by atoms with Gasteiger partial charge in [-0.2, -0.15) is 0 Å². The van der Waals surface area contributed by atoms with Gasteiger partial charge in [0.15, 0.2) is 5.96 Å². The van der Waals surface area contributed by atoms with E-state index in [1.54, 1.807) is 0 Å². The van der Waals surface area contributed by atoms with Crippen LogP contribution in [0.5, 0.6) is 0 Å². The Labute approximate surface area is 171 Å². The maximum Gasteiger partial charge on any atom is 0.225 e. The van der Waals surface area contributed by atoms with Gasteiger partial charge in [0.2, 0.25) is 5.91 Å². The second-order valence-corrected chi connectivity index (χ2v) is 7.35. The number of carbonyl (C=O) groups is 1. The molecule has 1 amide bonds. The Morgan fingerprint density at radius 2 is 1.84 bits per heavy atom. The molecule has 2 N–H and O–H groups in total. The van der Waals surface area contributed by atoms with Gasteiger partial charge < -0.3 is 15.5 Å². The highest BCUT2D eigenvalue weighted by molar-refractivity contribution is 14.0.